The quantitative estimate of drug-likeness (QED) is 0.577. The lowest BCUT2D eigenvalue weighted by Crippen LogP contribution is -2.49. The maximum absolute atomic E-state index is 12.6. The van der Waals surface area contributed by atoms with Crippen LogP contribution in [0.4, 0.5) is 13.2 Å². The summed E-state index contributed by atoms with van der Waals surface area (Å²) in [5.74, 6) is -0.448. The highest BCUT2D eigenvalue weighted by Crippen LogP contribution is 2.42. The molecule has 0 aliphatic heterocycles. The number of Topliss-reactive ketones (excluding diaryl/α,β-unsaturated/α-hetero) is 1. The first kappa shape index (κ1) is 17.7. The van der Waals surface area contributed by atoms with Gasteiger partial charge >= 0.3 is 15.6 Å². The van der Waals surface area contributed by atoms with Gasteiger partial charge in [0.2, 0.25) is 0 Å². The summed E-state index contributed by atoms with van der Waals surface area (Å²) in [7, 11) is -5.76. The molecule has 128 valence electrons. The van der Waals surface area contributed by atoms with Gasteiger partial charge in [-0.2, -0.15) is 21.6 Å². The zero-order valence-electron chi connectivity index (χ0n) is 12.3. The summed E-state index contributed by atoms with van der Waals surface area (Å²) in [4.78, 5) is 12.2. The number of alkyl halides is 3. The second kappa shape index (κ2) is 6.47. The van der Waals surface area contributed by atoms with Crippen LogP contribution in [-0.4, -0.2) is 25.3 Å². The topological polar surface area (TPSA) is 60.4 Å². The van der Waals surface area contributed by atoms with Gasteiger partial charge in [-0.25, -0.2) is 4.18 Å². The van der Waals surface area contributed by atoms with E-state index in [9.17, 15) is 26.4 Å². The Balaban J connectivity index is 2.23. The monoisotopic (exact) mass is 342 g/mol. The maximum atomic E-state index is 12.6. The molecule has 2 saturated carbocycles. The number of carbonyl (C=O) groups excluding carboxylic acids is 1. The molecule has 1 unspecified atom stereocenters. The molecule has 8 heteroatoms. The fourth-order valence-electron chi connectivity index (χ4n) is 3.52. The predicted molar refractivity (Wildman–Crippen MR) is 73.5 cm³/mol. The van der Waals surface area contributed by atoms with Crippen molar-refractivity contribution in [2.45, 2.75) is 75.3 Å². The second-order valence-electron chi connectivity index (χ2n) is 6.32. The Morgan fingerprint density at radius 2 is 1.73 bits per heavy atom. The SMILES string of the molecule is O=C1CCCCC1(CC1CCCCC1)OS(=O)(=O)C(F)(F)F. The van der Waals surface area contributed by atoms with Crippen molar-refractivity contribution in [3.05, 3.63) is 0 Å². The average Bonchev–Trinajstić information content (AvgIpc) is 2.41. The Bertz CT molecular complexity index is 509. The van der Waals surface area contributed by atoms with E-state index < -0.39 is 27.0 Å². The summed E-state index contributed by atoms with van der Waals surface area (Å²) in [5, 5.41) is 0. The van der Waals surface area contributed by atoms with E-state index in [1.807, 2.05) is 0 Å². The molecule has 0 spiro atoms. The zero-order chi connectivity index (χ0) is 16.4. The molecule has 0 aromatic heterocycles. The van der Waals surface area contributed by atoms with Gasteiger partial charge in [0.05, 0.1) is 0 Å². The van der Waals surface area contributed by atoms with Crippen molar-refractivity contribution in [3.63, 3.8) is 0 Å². The van der Waals surface area contributed by atoms with E-state index >= 15 is 0 Å². The highest BCUT2D eigenvalue weighted by molar-refractivity contribution is 7.87. The molecule has 22 heavy (non-hydrogen) atoms. The number of rotatable bonds is 4. The molecule has 0 N–H and O–H groups in total. The highest BCUT2D eigenvalue weighted by atomic mass is 32.2. The standard InChI is InChI=1S/C14H21F3O4S/c15-14(16,17)22(19,20)21-13(9-5-4-8-12(13)18)10-11-6-2-1-3-7-11/h11H,1-10H2. The van der Waals surface area contributed by atoms with E-state index in [0.717, 1.165) is 32.1 Å². The van der Waals surface area contributed by atoms with Crippen LogP contribution in [0.3, 0.4) is 0 Å². The first-order valence-corrected chi connectivity index (χ1v) is 9.12. The minimum Gasteiger partial charge on any atom is -0.296 e. The van der Waals surface area contributed by atoms with Gasteiger partial charge in [-0.1, -0.05) is 32.1 Å². The van der Waals surface area contributed by atoms with Gasteiger partial charge in [-0.05, 0) is 31.6 Å². The molecule has 1 atom stereocenters. The molecule has 0 heterocycles. The lowest BCUT2D eigenvalue weighted by atomic mass is 9.74. The van der Waals surface area contributed by atoms with Crippen LogP contribution in [0.1, 0.15) is 64.2 Å². The van der Waals surface area contributed by atoms with Crippen LogP contribution in [0.25, 0.3) is 0 Å². The molecular weight excluding hydrogens is 321 g/mol. The number of halogens is 3. The van der Waals surface area contributed by atoms with Crippen LogP contribution in [-0.2, 0) is 19.1 Å². The van der Waals surface area contributed by atoms with Gasteiger partial charge in [-0.15, -0.1) is 0 Å². The molecule has 2 aliphatic carbocycles. The minimum absolute atomic E-state index is 0.0532. The Kier molecular flexibility index (Phi) is 5.21. The Morgan fingerprint density at radius 1 is 1.09 bits per heavy atom. The van der Waals surface area contributed by atoms with E-state index in [0.29, 0.717) is 12.8 Å². The predicted octanol–water partition coefficient (Wildman–Crippen LogP) is 3.70. The number of hydrogen-bond acceptors (Lipinski definition) is 4. The van der Waals surface area contributed by atoms with E-state index in [1.54, 1.807) is 0 Å². The minimum atomic E-state index is -5.76. The van der Waals surface area contributed by atoms with Crippen molar-refractivity contribution in [2.75, 3.05) is 0 Å². The summed E-state index contributed by atoms with van der Waals surface area (Å²) in [6, 6.07) is 0. The molecule has 0 bridgehead atoms. The number of ketones is 1. The fraction of sp³-hybridized carbons (Fsp3) is 0.929. The Labute approximate surface area is 128 Å². The molecular formula is C14H21F3O4S. The zero-order valence-corrected chi connectivity index (χ0v) is 13.1. The Morgan fingerprint density at radius 3 is 2.27 bits per heavy atom. The van der Waals surface area contributed by atoms with E-state index in [-0.39, 0.29) is 25.2 Å². The first-order valence-electron chi connectivity index (χ1n) is 7.71. The van der Waals surface area contributed by atoms with Crippen molar-refractivity contribution >= 4 is 15.9 Å². The van der Waals surface area contributed by atoms with Crippen LogP contribution in [0.5, 0.6) is 0 Å². The summed E-state index contributed by atoms with van der Waals surface area (Å²) in [6.07, 6.45) is 5.90. The van der Waals surface area contributed by atoms with Gasteiger partial charge in [0.1, 0.15) is 5.60 Å². The third-order valence-electron chi connectivity index (χ3n) is 4.64. The molecule has 0 aromatic carbocycles. The molecule has 4 nitrogen and oxygen atoms in total. The van der Waals surface area contributed by atoms with Crippen LogP contribution in [0, 0.1) is 5.92 Å². The van der Waals surface area contributed by atoms with Gasteiger partial charge in [0.15, 0.2) is 5.78 Å². The Hall–Kier alpha value is -0.630. The van der Waals surface area contributed by atoms with Crippen LogP contribution in [0.15, 0.2) is 0 Å². The lowest BCUT2D eigenvalue weighted by molar-refractivity contribution is -0.141. The third kappa shape index (κ3) is 3.82. The van der Waals surface area contributed by atoms with Crippen molar-refractivity contribution in [2.24, 2.45) is 5.92 Å². The van der Waals surface area contributed by atoms with Crippen molar-refractivity contribution in [3.8, 4) is 0 Å². The smallest absolute Gasteiger partial charge is 0.296 e. The summed E-state index contributed by atoms with van der Waals surface area (Å²) >= 11 is 0. The maximum Gasteiger partial charge on any atom is 0.523 e. The van der Waals surface area contributed by atoms with E-state index in [1.165, 1.54) is 0 Å². The molecule has 0 saturated heterocycles. The van der Waals surface area contributed by atoms with Crippen LogP contribution >= 0.6 is 0 Å². The molecule has 2 aliphatic rings. The van der Waals surface area contributed by atoms with Gasteiger partial charge in [0, 0.05) is 6.42 Å². The van der Waals surface area contributed by atoms with E-state index in [4.69, 9.17) is 0 Å². The fourth-order valence-corrected chi connectivity index (χ4v) is 4.28. The molecule has 2 rings (SSSR count). The summed E-state index contributed by atoms with van der Waals surface area (Å²) in [6.45, 7) is 0. The average molecular weight is 342 g/mol. The molecule has 2 fully saturated rings. The normalized spacial score (nSPS) is 28.8. The molecule has 0 radical (unpaired) electrons. The summed E-state index contributed by atoms with van der Waals surface area (Å²) in [5.41, 5.74) is -7.31. The van der Waals surface area contributed by atoms with Crippen LogP contribution in [0.2, 0.25) is 0 Å². The summed E-state index contributed by atoms with van der Waals surface area (Å²) < 4.78 is 65.3. The number of hydrogen-bond donors (Lipinski definition) is 0. The van der Waals surface area contributed by atoms with Crippen molar-refractivity contribution in [1.29, 1.82) is 0 Å². The van der Waals surface area contributed by atoms with E-state index in [2.05, 4.69) is 4.18 Å². The molecule has 0 amide bonds. The molecule has 0 aromatic rings. The van der Waals surface area contributed by atoms with Gasteiger partial charge < -0.3 is 0 Å². The second-order valence-corrected chi connectivity index (χ2v) is 7.85. The van der Waals surface area contributed by atoms with Crippen molar-refractivity contribution in [1.82, 2.24) is 0 Å². The van der Waals surface area contributed by atoms with Gasteiger partial charge in [-0.3, -0.25) is 4.79 Å². The van der Waals surface area contributed by atoms with Gasteiger partial charge in [0.25, 0.3) is 0 Å². The first-order chi connectivity index (χ1) is 10.2. The van der Waals surface area contributed by atoms with Crippen molar-refractivity contribution < 1.29 is 30.6 Å². The third-order valence-corrected chi connectivity index (χ3v) is 5.74. The lowest BCUT2D eigenvalue weighted by Gasteiger charge is -2.38. The number of carbonyl (C=O) groups is 1. The highest BCUT2D eigenvalue weighted by Gasteiger charge is 2.55. The largest absolute Gasteiger partial charge is 0.523 e. The van der Waals surface area contributed by atoms with Crippen LogP contribution < -0.4 is 0 Å².